The largest absolute Gasteiger partial charge is 0.493 e. The molecule has 0 aliphatic carbocycles. The maximum Gasteiger partial charge on any atom is 0.203 e. The van der Waals surface area contributed by atoms with Crippen LogP contribution in [0.15, 0.2) is 41.4 Å². The zero-order chi connectivity index (χ0) is 20.4. The quantitative estimate of drug-likeness (QED) is 0.322. The van der Waals surface area contributed by atoms with E-state index in [0.717, 1.165) is 17.7 Å². The lowest BCUT2D eigenvalue weighted by atomic mass is 10.1. The Balaban J connectivity index is 0.00000420. The van der Waals surface area contributed by atoms with Gasteiger partial charge in [-0.25, -0.2) is 4.99 Å². The van der Waals surface area contributed by atoms with E-state index < -0.39 is 0 Å². The average molecular weight is 510 g/mol. The molecule has 0 atom stereocenters. The van der Waals surface area contributed by atoms with Gasteiger partial charge in [0.1, 0.15) is 0 Å². The molecule has 0 amide bonds. The number of halogens is 1. The SMILES string of the molecule is CCNC(=NCc1cc(OC)c(OC)c(OC)c1)NCc1ccc(C#N)cc1.I. The number of guanidine groups is 1. The highest BCUT2D eigenvalue weighted by Gasteiger charge is 2.13. The number of methoxy groups -OCH3 is 3. The second-order valence-corrected chi connectivity index (χ2v) is 5.89. The summed E-state index contributed by atoms with van der Waals surface area (Å²) in [6, 6.07) is 13.3. The molecule has 0 saturated heterocycles. The van der Waals surface area contributed by atoms with Gasteiger partial charge in [0.25, 0.3) is 0 Å². The molecule has 0 aromatic heterocycles. The van der Waals surface area contributed by atoms with Crippen molar-refractivity contribution in [3.8, 4) is 23.3 Å². The van der Waals surface area contributed by atoms with Gasteiger partial charge in [0.15, 0.2) is 17.5 Å². The number of rotatable bonds is 8. The van der Waals surface area contributed by atoms with Gasteiger partial charge in [0, 0.05) is 13.1 Å². The molecule has 0 aliphatic rings. The van der Waals surface area contributed by atoms with Crippen molar-refractivity contribution < 1.29 is 14.2 Å². The third kappa shape index (κ3) is 7.02. The molecule has 2 N–H and O–H groups in total. The van der Waals surface area contributed by atoms with Crippen LogP contribution in [0.5, 0.6) is 17.2 Å². The topological polar surface area (TPSA) is 87.9 Å². The Kier molecular flexibility index (Phi) is 10.7. The Bertz CT molecular complexity index is 823. The van der Waals surface area contributed by atoms with E-state index in [0.29, 0.717) is 41.9 Å². The minimum atomic E-state index is 0. The Morgan fingerprint density at radius 2 is 1.59 bits per heavy atom. The third-order valence-corrected chi connectivity index (χ3v) is 4.03. The lowest BCUT2D eigenvalue weighted by Gasteiger charge is -2.14. The van der Waals surface area contributed by atoms with Crippen LogP contribution >= 0.6 is 24.0 Å². The van der Waals surface area contributed by atoms with Gasteiger partial charge in [-0.1, -0.05) is 12.1 Å². The molecule has 0 radical (unpaired) electrons. The fraction of sp³-hybridized carbons (Fsp3) is 0.333. The lowest BCUT2D eigenvalue weighted by Crippen LogP contribution is -2.36. The van der Waals surface area contributed by atoms with Crippen LogP contribution in [0.25, 0.3) is 0 Å². The maximum atomic E-state index is 8.88. The number of nitrogens with zero attached hydrogens (tertiary/aromatic N) is 2. The lowest BCUT2D eigenvalue weighted by molar-refractivity contribution is 0.324. The van der Waals surface area contributed by atoms with Crippen molar-refractivity contribution in [1.82, 2.24) is 10.6 Å². The number of hydrogen-bond donors (Lipinski definition) is 2. The molecule has 0 heterocycles. The molecule has 29 heavy (non-hydrogen) atoms. The number of benzene rings is 2. The van der Waals surface area contributed by atoms with Crippen LogP contribution < -0.4 is 24.8 Å². The molecule has 0 aliphatic heterocycles. The summed E-state index contributed by atoms with van der Waals surface area (Å²) in [5.74, 6) is 2.45. The summed E-state index contributed by atoms with van der Waals surface area (Å²) in [4.78, 5) is 4.63. The van der Waals surface area contributed by atoms with E-state index in [9.17, 15) is 0 Å². The van der Waals surface area contributed by atoms with Gasteiger partial charge in [-0.3, -0.25) is 0 Å². The minimum absolute atomic E-state index is 0. The number of aliphatic imine (C=N–C) groups is 1. The highest BCUT2D eigenvalue weighted by Crippen LogP contribution is 2.38. The van der Waals surface area contributed by atoms with Gasteiger partial charge in [-0.05, 0) is 42.3 Å². The maximum absolute atomic E-state index is 8.88. The number of ether oxygens (including phenoxy) is 3. The molecule has 2 aromatic rings. The third-order valence-electron chi connectivity index (χ3n) is 4.03. The molecule has 0 unspecified atom stereocenters. The van der Waals surface area contributed by atoms with Crippen LogP contribution in [-0.2, 0) is 13.1 Å². The molecular formula is C21H27IN4O3. The smallest absolute Gasteiger partial charge is 0.203 e. The molecule has 8 heteroatoms. The normalized spacial score (nSPS) is 10.4. The van der Waals surface area contributed by atoms with E-state index in [1.165, 1.54) is 0 Å². The zero-order valence-corrected chi connectivity index (χ0v) is 19.4. The molecule has 0 saturated carbocycles. The summed E-state index contributed by atoms with van der Waals surface area (Å²) in [6.45, 7) is 3.80. The monoisotopic (exact) mass is 510 g/mol. The molecule has 156 valence electrons. The van der Waals surface area contributed by atoms with Gasteiger partial charge >= 0.3 is 0 Å². The van der Waals surface area contributed by atoms with E-state index in [2.05, 4.69) is 21.7 Å². The van der Waals surface area contributed by atoms with Crippen LogP contribution in [0.4, 0.5) is 0 Å². The molecular weight excluding hydrogens is 483 g/mol. The predicted octanol–water partition coefficient (Wildman–Crippen LogP) is 3.46. The van der Waals surface area contributed by atoms with E-state index in [1.807, 2.05) is 31.2 Å². The van der Waals surface area contributed by atoms with Crippen molar-refractivity contribution >= 4 is 29.9 Å². The fourth-order valence-electron chi connectivity index (χ4n) is 2.62. The zero-order valence-electron chi connectivity index (χ0n) is 17.1. The molecule has 2 rings (SSSR count). The highest BCUT2D eigenvalue weighted by atomic mass is 127. The van der Waals surface area contributed by atoms with Gasteiger partial charge in [0.05, 0.1) is 39.5 Å². The first-order valence-corrected chi connectivity index (χ1v) is 8.95. The highest BCUT2D eigenvalue weighted by molar-refractivity contribution is 14.0. The van der Waals surface area contributed by atoms with Crippen molar-refractivity contribution in [2.24, 2.45) is 4.99 Å². The van der Waals surface area contributed by atoms with Crippen molar-refractivity contribution in [3.05, 3.63) is 53.1 Å². The Morgan fingerprint density at radius 3 is 2.07 bits per heavy atom. The molecule has 0 bridgehead atoms. The molecule has 7 nitrogen and oxygen atoms in total. The summed E-state index contributed by atoms with van der Waals surface area (Å²) < 4.78 is 16.1. The van der Waals surface area contributed by atoms with Crippen molar-refractivity contribution in [3.63, 3.8) is 0 Å². The Labute approximate surface area is 189 Å². The van der Waals surface area contributed by atoms with Crippen molar-refractivity contribution in [2.75, 3.05) is 27.9 Å². The summed E-state index contributed by atoms with van der Waals surface area (Å²) in [5, 5.41) is 15.4. The Morgan fingerprint density at radius 1 is 0.966 bits per heavy atom. The first kappa shape index (κ1) is 24.4. The van der Waals surface area contributed by atoms with Gasteiger partial charge < -0.3 is 24.8 Å². The fourth-order valence-corrected chi connectivity index (χ4v) is 2.62. The van der Waals surface area contributed by atoms with E-state index in [-0.39, 0.29) is 24.0 Å². The van der Waals surface area contributed by atoms with Gasteiger partial charge in [-0.15, -0.1) is 24.0 Å². The average Bonchev–Trinajstić information content (AvgIpc) is 2.75. The first-order chi connectivity index (χ1) is 13.6. The predicted molar refractivity (Wildman–Crippen MR) is 124 cm³/mol. The van der Waals surface area contributed by atoms with Crippen LogP contribution in [0.3, 0.4) is 0 Å². The summed E-state index contributed by atoms with van der Waals surface area (Å²) in [7, 11) is 4.76. The molecule has 0 fully saturated rings. The Hall–Kier alpha value is -2.67. The molecule has 0 spiro atoms. The van der Waals surface area contributed by atoms with Gasteiger partial charge in [-0.2, -0.15) is 5.26 Å². The first-order valence-electron chi connectivity index (χ1n) is 8.95. The van der Waals surface area contributed by atoms with Gasteiger partial charge in [0.2, 0.25) is 5.75 Å². The van der Waals surface area contributed by atoms with Crippen molar-refractivity contribution in [1.29, 1.82) is 5.26 Å². The van der Waals surface area contributed by atoms with E-state index in [4.69, 9.17) is 19.5 Å². The number of nitrogens with one attached hydrogen (secondary N) is 2. The standard InChI is InChI=1S/C21H26N4O3.HI/c1-5-23-21(24-13-16-8-6-15(12-22)7-9-16)25-14-17-10-18(26-2)20(28-4)19(11-17)27-3;/h6-11H,5,13-14H2,1-4H3,(H2,23,24,25);1H. The second kappa shape index (κ2) is 12.7. The van der Waals surface area contributed by atoms with Crippen LogP contribution in [0.2, 0.25) is 0 Å². The van der Waals surface area contributed by atoms with Crippen molar-refractivity contribution in [2.45, 2.75) is 20.0 Å². The summed E-state index contributed by atoms with van der Waals surface area (Å²) >= 11 is 0. The minimum Gasteiger partial charge on any atom is -0.493 e. The van der Waals surface area contributed by atoms with E-state index >= 15 is 0 Å². The van der Waals surface area contributed by atoms with E-state index in [1.54, 1.807) is 33.5 Å². The molecule has 2 aromatic carbocycles. The number of nitriles is 1. The van der Waals surface area contributed by atoms with Crippen LogP contribution in [0, 0.1) is 11.3 Å². The summed E-state index contributed by atoms with van der Waals surface area (Å²) in [5.41, 5.74) is 2.65. The van der Waals surface area contributed by atoms with Crippen LogP contribution in [0.1, 0.15) is 23.6 Å². The summed E-state index contributed by atoms with van der Waals surface area (Å²) in [6.07, 6.45) is 0. The second-order valence-electron chi connectivity index (χ2n) is 5.89. The van der Waals surface area contributed by atoms with Crippen LogP contribution in [-0.4, -0.2) is 33.8 Å². The number of hydrogen-bond acceptors (Lipinski definition) is 5.